The molecule has 3 aromatic rings. The monoisotopic (exact) mass is 309 g/mol. The molecule has 0 unspecified atom stereocenters. The van der Waals surface area contributed by atoms with E-state index in [4.69, 9.17) is 10.5 Å². The van der Waals surface area contributed by atoms with Crippen LogP contribution in [0.3, 0.4) is 0 Å². The van der Waals surface area contributed by atoms with Gasteiger partial charge in [0.05, 0.1) is 18.1 Å². The number of ether oxygens (including phenoxy) is 1. The first-order chi connectivity index (χ1) is 11.2. The van der Waals surface area contributed by atoms with Crippen LogP contribution in [0.25, 0.3) is 11.0 Å². The Bertz CT molecular complexity index is 931. The summed E-state index contributed by atoms with van der Waals surface area (Å²) >= 11 is 0. The van der Waals surface area contributed by atoms with Gasteiger partial charge in [-0.2, -0.15) is 0 Å². The summed E-state index contributed by atoms with van der Waals surface area (Å²) in [6.45, 7) is 0. The molecule has 0 saturated heterocycles. The summed E-state index contributed by atoms with van der Waals surface area (Å²) in [5, 5.41) is 13.0. The number of nitrogens with zero attached hydrogens (tertiary/aromatic N) is 3. The first-order valence-corrected chi connectivity index (χ1v) is 7.11. The van der Waals surface area contributed by atoms with Crippen LogP contribution in [0.1, 0.15) is 11.7 Å². The normalized spacial score (nSPS) is 16.6. The lowest BCUT2D eigenvalue weighted by Crippen LogP contribution is -2.31. The average molecular weight is 309 g/mol. The van der Waals surface area contributed by atoms with Crippen LogP contribution in [0.15, 0.2) is 47.5 Å². The Morgan fingerprint density at radius 2 is 2.09 bits per heavy atom. The highest BCUT2D eigenvalue weighted by Gasteiger charge is 2.25. The predicted octanol–water partition coefficient (Wildman–Crippen LogP) is 2.04. The van der Waals surface area contributed by atoms with Crippen LogP contribution in [0.5, 0.6) is 11.5 Å². The maximum absolute atomic E-state index is 10.1. The van der Waals surface area contributed by atoms with Gasteiger partial charge in [0.15, 0.2) is 23.6 Å². The first kappa shape index (κ1) is 13.4. The number of anilines is 1. The Hall–Kier alpha value is -3.22. The first-order valence-electron chi connectivity index (χ1n) is 7.11. The summed E-state index contributed by atoms with van der Waals surface area (Å²) in [6.07, 6.45) is -0.407. The molecule has 116 valence electrons. The lowest BCUT2D eigenvalue weighted by atomic mass is 10.1. The molecule has 0 bridgehead atoms. The molecule has 7 nitrogen and oxygen atoms in total. The van der Waals surface area contributed by atoms with E-state index in [-0.39, 0.29) is 11.7 Å². The summed E-state index contributed by atoms with van der Waals surface area (Å²) in [6, 6.07) is 13.0. The fourth-order valence-corrected chi connectivity index (χ4v) is 2.81. The van der Waals surface area contributed by atoms with Gasteiger partial charge in [0.25, 0.3) is 0 Å². The third-order valence-electron chi connectivity index (χ3n) is 3.84. The number of phenolic OH excluding ortho intramolecular Hbond substituents is 1. The minimum atomic E-state index is -0.407. The van der Waals surface area contributed by atoms with Gasteiger partial charge in [-0.15, -0.1) is 0 Å². The van der Waals surface area contributed by atoms with Crippen molar-refractivity contribution >= 4 is 22.9 Å². The van der Waals surface area contributed by atoms with Gasteiger partial charge in [-0.3, -0.25) is 9.88 Å². The SMILES string of the molecule is COc1ccc([C@@H]2N=C(N)Nc3nc4ccccc4n32)cc1O. The zero-order valence-electron chi connectivity index (χ0n) is 12.4. The van der Waals surface area contributed by atoms with Gasteiger partial charge < -0.3 is 15.6 Å². The number of aromatic hydroxyl groups is 1. The van der Waals surface area contributed by atoms with E-state index >= 15 is 0 Å². The van der Waals surface area contributed by atoms with Gasteiger partial charge in [0.1, 0.15) is 0 Å². The van der Waals surface area contributed by atoms with Crippen LogP contribution >= 0.6 is 0 Å². The molecule has 0 spiro atoms. The predicted molar refractivity (Wildman–Crippen MR) is 87.8 cm³/mol. The van der Waals surface area contributed by atoms with Gasteiger partial charge in [-0.1, -0.05) is 18.2 Å². The summed E-state index contributed by atoms with van der Waals surface area (Å²) in [5.74, 6) is 1.38. The molecule has 0 fully saturated rings. The van der Waals surface area contributed by atoms with Crippen LogP contribution in [0.4, 0.5) is 5.95 Å². The summed E-state index contributed by atoms with van der Waals surface area (Å²) in [5.41, 5.74) is 8.47. The zero-order valence-corrected chi connectivity index (χ0v) is 12.4. The van der Waals surface area contributed by atoms with Crippen LogP contribution in [-0.4, -0.2) is 27.7 Å². The van der Waals surface area contributed by atoms with E-state index in [2.05, 4.69) is 15.3 Å². The Kier molecular flexibility index (Phi) is 2.87. The fraction of sp³-hybridized carbons (Fsp3) is 0.125. The molecule has 1 aliphatic rings. The Labute approximate surface area is 132 Å². The van der Waals surface area contributed by atoms with Gasteiger partial charge in [-0.05, 0) is 24.3 Å². The van der Waals surface area contributed by atoms with Crippen molar-refractivity contribution in [1.82, 2.24) is 9.55 Å². The molecule has 2 heterocycles. The molecule has 23 heavy (non-hydrogen) atoms. The van der Waals surface area contributed by atoms with E-state index in [0.717, 1.165) is 16.6 Å². The number of nitrogens with two attached hydrogens (primary N) is 1. The number of aromatic nitrogens is 2. The average Bonchev–Trinajstić information content (AvgIpc) is 2.92. The van der Waals surface area contributed by atoms with E-state index in [1.807, 2.05) is 34.9 Å². The van der Waals surface area contributed by atoms with Crippen LogP contribution in [0, 0.1) is 0 Å². The number of imidazole rings is 1. The standard InChI is InChI=1S/C16H15N5O2/c1-23-13-7-6-9(8-12(13)22)14-19-15(17)20-16-18-10-4-2-3-5-11(10)21(14)16/h2-8,14,22H,1H3,(H3,17,18,19,20)/t14-/m1/s1. The van der Waals surface area contributed by atoms with E-state index in [0.29, 0.717) is 11.7 Å². The second-order valence-electron chi connectivity index (χ2n) is 5.24. The number of nitrogens with one attached hydrogen (secondary N) is 1. The third kappa shape index (κ3) is 2.05. The molecule has 2 aromatic carbocycles. The van der Waals surface area contributed by atoms with Gasteiger partial charge in [0, 0.05) is 5.56 Å². The molecular weight excluding hydrogens is 294 g/mol. The largest absolute Gasteiger partial charge is 0.504 e. The zero-order chi connectivity index (χ0) is 16.0. The smallest absolute Gasteiger partial charge is 0.212 e. The van der Waals surface area contributed by atoms with E-state index in [1.165, 1.54) is 7.11 Å². The second kappa shape index (κ2) is 4.91. The van der Waals surface area contributed by atoms with Gasteiger partial charge in [0.2, 0.25) is 5.95 Å². The molecule has 0 amide bonds. The Morgan fingerprint density at radius 3 is 2.87 bits per heavy atom. The molecule has 4 N–H and O–H groups in total. The van der Waals surface area contributed by atoms with Crippen molar-refractivity contribution in [1.29, 1.82) is 0 Å². The highest BCUT2D eigenvalue weighted by Crippen LogP contribution is 2.35. The molecule has 0 saturated carbocycles. The van der Waals surface area contributed by atoms with Crippen molar-refractivity contribution in [3.05, 3.63) is 48.0 Å². The fourth-order valence-electron chi connectivity index (χ4n) is 2.81. The van der Waals surface area contributed by atoms with Crippen molar-refractivity contribution < 1.29 is 9.84 Å². The highest BCUT2D eigenvalue weighted by molar-refractivity contribution is 5.94. The number of fused-ring (bicyclic) bond motifs is 3. The quantitative estimate of drug-likeness (QED) is 0.673. The van der Waals surface area contributed by atoms with Crippen molar-refractivity contribution in [2.75, 3.05) is 12.4 Å². The van der Waals surface area contributed by atoms with Gasteiger partial charge in [-0.25, -0.2) is 9.98 Å². The lowest BCUT2D eigenvalue weighted by Gasteiger charge is -2.24. The Morgan fingerprint density at radius 1 is 1.26 bits per heavy atom. The molecule has 1 atom stereocenters. The van der Waals surface area contributed by atoms with Crippen molar-refractivity contribution in [3.63, 3.8) is 0 Å². The molecule has 0 radical (unpaired) electrons. The van der Waals surface area contributed by atoms with E-state index < -0.39 is 6.17 Å². The number of para-hydroxylation sites is 2. The summed E-state index contributed by atoms with van der Waals surface area (Å²) in [7, 11) is 1.51. The Balaban J connectivity index is 1.91. The lowest BCUT2D eigenvalue weighted by molar-refractivity contribution is 0.372. The minimum Gasteiger partial charge on any atom is -0.504 e. The number of methoxy groups -OCH3 is 1. The van der Waals surface area contributed by atoms with E-state index in [9.17, 15) is 5.11 Å². The number of hydrogen-bond donors (Lipinski definition) is 3. The molecule has 0 aliphatic carbocycles. The van der Waals surface area contributed by atoms with Crippen LogP contribution in [-0.2, 0) is 0 Å². The summed E-state index contributed by atoms with van der Waals surface area (Å²) < 4.78 is 7.04. The van der Waals surface area contributed by atoms with Crippen molar-refractivity contribution in [2.24, 2.45) is 10.7 Å². The second-order valence-corrected chi connectivity index (χ2v) is 5.24. The molecule has 1 aliphatic heterocycles. The highest BCUT2D eigenvalue weighted by atomic mass is 16.5. The van der Waals surface area contributed by atoms with Crippen molar-refractivity contribution in [2.45, 2.75) is 6.17 Å². The van der Waals surface area contributed by atoms with E-state index in [1.54, 1.807) is 12.1 Å². The molecule has 7 heteroatoms. The number of phenols is 1. The number of hydrogen-bond acceptors (Lipinski definition) is 6. The third-order valence-corrected chi connectivity index (χ3v) is 3.84. The molecular formula is C16H15N5O2. The molecule has 1 aromatic heterocycles. The number of guanidine groups is 1. The van der Waals surface area contributed by atoms with Crippen LogP contribution in [0.2, 0.25) is 0 Å². The van der Waals surface area contributed by atoms with Gasteiger partial charge >= 0.3 is 0 Å². The van der Waals surface area contributed by atoms with Crippen LogP contribution < -0.4 is 15.8 Å². The number of aliphatic imine (C=N–C) groups is 1. The topological polar surface area (TPSA) is 97.7 Å². The maximum atomic E-state index is 10.1. The number of rotatable bonds is 2. The minimum absolute atomic E-state index is 0.0586. The summed E-state index contributed by atoms with van der Waals surface area (Å²) in [4.78, 5) is 9.01. The number of benzene rings is 2. The van der Waals surface area contributed by atoms with Crippen molar-refractivity contribution in [3.8, 4) is 11.5 Å². The maximum Gasteiger partial charge on any atom is 0.212 e. The molecule has 4 rings (SSSR count).